The summed E-state index contributed by atoms with van der Waals surface area (Å²) in [6.07, 6.45) is -4.76. The average molecular weight is 414 g/mol. The molecule has 1 N–H and O–H groups in total. The van der Waals surface area contributed by atoms with Crippen LogP contribution in [-0.2, 0) is 11.0 Å². The van der Waals surface area contributed by atoms with Crippen LogP contribution in [0, 0.1) is 11.8 Å². The number of carboxylic acid groups (broad SMARTS) is 1. The zero-order chi connectivity index (χ0) is 21.1. The van der Waals surface area contributed by atoms with E-state index in [4.69, 9.17) is 9.84 Å². The summed E-state index contributed by atoms with van der Waals surface area (Å²) < 4.78 is 73.2. The van der Waals surface area contributed by atoms with Gasteiger partial charge in [0, 0.05) is 17.4 Å². The van der Waals surface area contributed by atoms with E-state index in [-0.39, 0.29) is 17.1 Å². The van der Waals surface area contributed by atoms with Gasteiger partial charge in [-0.05, 0) is 35.9 Å². The fourth-order valence-electron chi connectivity index (χ4n) is 3.70. The van der Waals surface area contributed by atoms with Crippen molar-refractivity contribution >= 4 is 11.8 Å². The van der Waals surface area contributed by atoms with E-state index in [9.17, 15) is 31.5 Å². The fraction of sp³-hybridized carbons (Fsp3) is 0.263. The number of carbonyl (C=O) groups is 2. The van der Waals surface area contributed by atoms with Gasteiger partial charge < -0.3 is 14.6 Å². The van der Waals surface area contributed by atoms with Crippen molar-refractivity contribution in [3.8, 4) is 17.2 Å². The molecule has 0 aromatic heterocycles. The van der Waals surface area contributed by atoms with Gasteiger partial charge in [0.2, 0.25) is 0 Å². The van der Waals surface area contributed by atoms with Crippen molar-refractivity contribution in [1.82, 2.24) is 0 Å². The van der Waals surface area contributed by atoms with Crippen LogP contribution in [0.2, 0.25) is 0 Å². The highest BCUT2D eigenvalue weighted by atomic mass is 19.4. The first-order valence-electron chi connectivity index (χ1n) is 8.33. The molecule has 0 aliphatic heterocycles. The van der Waals surface area contributed by atoms with Crippen molar-refractivity contribution in [1.29, 1.82) is 0 Å². The van der Waals surface area contributed by atoms with Gasteiger partial charge >= 0.3 is 18.8 Å². The number of ether oxygens (including phenoxy) is 2. The van der Waals surface area contributed by atoms with E-state index in [1.165, 1.54) is 18.2 Å². The Balaban J connectivity index is 1.63. The maximum Gasteiger partial charge on any atom is 0.416 e. The SMILES string of the molecule is O=C(O)[C@H]1[C@@H]2C(=O)c3cc(Oc4ccc(C(F)(F)F)cc4OC(F)F)ccc3[C@H]12. The maximum absolute atomic E-state index is 12.8. The molecule has 0 radical (unpaired) electrons. The molecule has 0 heterocycles. The standard InChI is InChI=1S/C19H11F5O5/c20-18(21)29-12-5-7(19(22,23)24)1-4-11(12)28-8-2-3-9-10(6-8)16(25)14-13(9)15(14)17(26)27/h1-6,13-15,18H,(H,26,27)/t13-,14+,15+/m0/s1. The molecule has 2 aromatic carbocycles. The highest BCUT2D eigenvalue weighted by molar-refractivity contribution is 6.10. The van der Waals surface area contributed by atoms with Gasteiger partial charge in [0.05, 0.1) is 11.5 Å². The van der Waals surface area contributed by atoms with Gasteiger partial charge in [-0.3, -0.25) is 9.59 Å². The minimum Gasteiger partial charge on any atom is -0.481 e. The molecule has 5 nitrogen and oxygen atoms in total. The van der Waals surface area contributed by atoms with Crippen LogP contribution >= 0.6 is 0 Å². The van der Waals surface area contributed by atoms with Gasteiger partial charge in [0.1, 0.15) is 5.75 Å². The highest BCUT2D eigenvalue weighted by Crippen LogP contribution is 2.61. The van der Waals surface area contributed by atoms with Gasteiger partial charge in [0.25, 0.3) is 0 Å². The largest absolute Gasteiger partial charge is 0.481 e. The Kier molecular flexibility index (Phi) is 4.25. The van der Waals surface area contributed by atoms with Crippen LogP contribution in [0.15, 0.2) is 36.4 Å². The van der Waals surface area contributed by atoms with Crippen LogP contribution in [0.25, 0.3) is 0 Å². The zero-order valence-corrected chi connectivity index (χ0v) is 14.2. The van der Waals surface area contributed by atoms with Gasteiger partial charge in [-0.15, -0.1) is 0 Å². The molecule has 2 aliphatic rings. The van der Waals surface area contributed by atoms with Gasteiger partial charge in [0.15, 0.2) is 17.3 Å². The summed E-state index contributed by atoms with van der Waals surface area (Å²) in [6, 6.07) is 6.08. The Morgan fingerprint density at radius 1 is 1.03 bits per heavy atom. The third-order valence-corrected chi connectivity index (χ3v) is 4.97. The van der Waals surface area contributed by atoms with Crippen LogP contribution in [0.5, 0.6) is 17.2 Å². The third-order valence-electron chi connectivity index (χ3n) is 4.97. The summed E-state index contributed by atoms with van der Waals surface area (Å²) in [5, 5.41) is 9.10. The van der Waals surface area contributed by atoms with E-state index in [0.29, 0.717) is 17.7 Å². The topological polar surface area (TPSA) is 72.8 Å². The number of aliphatic carboxylic acids is 1. The number of ketones is 1. The monoisotopic (exact) mass is 414 g/mol. The lowest BCUT2D eigenvalue weighted by Gasteiger charge is -2.15. The number of Topliss-reactive ketones (excluding diaryl/α,β-unsaturated/α-hetero) is 1. The second-order valence-electron chi connectivity index (χ2n) is 6.67. The van der Waals surface area contributed by atoms with Crippen LogP contribution in [0.3, 0.4) is 0 Å². The quantitative estimate of drug-likeness (QED) is 0.718. The first-order valence-corrected chi connectivity index (χ1v) is 8.33. The average Bonchev–Trinajstić information content (AvgIpc) is 3.30. The molecule has 10 heteroatoms. The molecule has 2 aromatic rings. The summed E-state index contributed by atoms with van der Waals surface area (Å²) in [6.45, 7) is -3.37. The Hall–Kier alpha value is -3.17. The summed E-state index contributed by atoms with van der Waals surface area (Å²) >= 11 is 0. The molecule has 1 saturated carbocycles. The van der Waals surface area contributed by atoms with Crippen LogP contribution < -0.4 is 9.47 Å². The van der Waals surface area contributed by atoms with Gasteiger partial charge in [-0.25, -0.2) is 0 Å². The molecule has 3 atom stereocenters. The van der Waals surface area contributed by atoms with Crippen molar-refractivity contribution in [2.45, 2.75) is 18.7 Å². The van der Waals surface area contributed by atoms with E-state index in [1.54, 1.807) is 0 Å². The summed E-state index contributed by atoms with van der Waals surface area (Å²) in [5.74, 6) is -4.41. The molecule has 0 bridgehead atoms. The predicted molar refractivity (Wildman–Crippen MR) is 86.3 cm³/mol. The highest BCUT2D eigenvalue weighted by Gasteiger charge is 2.64. The normalized spacial score (nSPS) is 22.3. The Labute approximate surface area is 159 Å². The van der Waals surface area contributed by atoms with Crippen LogP contribution in [0.1, 0.15) is 27.4 Å². The first kappa shape index (κ1) is 19.2. The summed E-state index contributed by atoms with van der Waals surface area (Å²) in [7, 11) is 0. The van der Waals surface area contributed by atoms with Gasteiger partial charge in [-0.1, -0.05) is 6.07 Å². The molecule has 0 spiro atoms. The number of hydrogen-bond donors (Lipinski definition) is 1. The summed E-state index contributed by atoms with van der Waals surface area (Å²) in [4.78, 5) is 23.5. The predicted octanol–water partition coefficient (Wildman–Crippen LogP) is 4.71. The van der Waals surface area contributed by atoms with Crippen molar-refractivity contribution in [2.24, 2.45) is 11.8 Å². The van der Waals surface area contributed by atoms with E-state index < -0.39 is 53.6 Å². The van der Waals surface area contributed by atoms with Gasteiger partial charge in [-0.2, -0.15) is 22.0 Å². The number of hydrogen-bond acceptors (Lipinski definition) is 4. The number of rotatable bonds is 5. The van der Waals surface area contributed by atoms with E-state index in [1.807, 2.05) is 0 Å². The lowest BCUT2D eigenvalue weighted by molar-refractivity contribution is -0.139. The fourth-order valence-corrected chi connectivity index (χ4v) is 3.70. The number of halogens is 5. The Morgan fingerprint density at radius 3 is 2.38 bits per heavy atom. The number of carbonyl (C=O) groups excluding carboxylic acids is 1. The number of carboxylic acids is 1. The van der Waals surface area contributed by atoms with E-state index in [2.05, 4.69) is 4.74 Å². The molecular formula is C19H11F5O5. The molecule has 29 heavy (non-hydrogen) atoms. The zero-order valence-electron chi connectivity index (χ0n) is 14.2. The lowest BCUT2D eigenvalue weighted by Crippen LogP contribution is -2.10. The second-order valence-corrected chi connectivity index (χ2v) is 6.67. The van der Waals surface area contributed by atoms with Crippen molar-refractivity contribution < 1.29 is 46.1 Å². The molecular weight excluding hydrogens is 403 g/mol. The molecule has 2 aliphatic carbocycles. The first-order chi connectivity index (χ1) is 13.6. The third kappa shape index (κ3) is 3.28. The maximum atomic E-state index is 12.8. The summed E-state index contributed by atoms with van der Waals surface area (Å²) in [5.41, 5.74) is -0.390. The number of alkyl halides is 5. The van der Waals surface area contributed by atoms with Crippen LogP contribution in [-0.4, -0.2) is 23.5 Å². The van der Waals surface area contributed by atoms with Crippen LogP contribution in [0.4, 0.5) is 22.0 Å². The number of benzene rings is 2. The van der Waals surface area contributed by atoms with E-state index >= 15 is 0 Å². The minimum atomic E-state index is -4.76. The second kappa shape index (κ2) is 6.43. The number of fused-ring (bicyclic) bond motifs is 3. The Bertz CT molecular complexity index is 1020. The molecule has 0 saturated heterocycles. The van der Waals surface area contributed by atoms with Crippen molar-refractivity contribution in [2.75, 3.05) is 0 Å². The van der Waals surface area contributed by atoms with Crippen molar-refractivity contribution in [3.05, 3.63) is 53.1 Å². The lowest BCUT2D eigenvalue weighted by atomic mass is 10.0. The molecule has 0 unspecified atom stereocenters. The molecule has 152 valence electrons. The molecule has 1 fully saturated rings. The molecule has 4 rings (SSSR count). The Morgan fingerprint density at radius 2 is 1.76 bits per heavy atom. The minimum absolute atomic E-state index is 0.0177. The van der Waals surface area contributed by atoms with E-state index in [0.717, 1.165) is 6.07 Å². The smallest absolute Gasteiger partial charge is 0.416 e. The van der Waals surface area contributed by atoms with Crippen molar-refractivity contribution in [3.63, 3.8) is 0 Å². The molecule has 0 amide bonds.